The molecule has 0 saturated heterocycles. The number of ether oxygens (including phenoxy) is 1. The molecule has 5 nitrogen and oxygen atoms in total. The zero-order valence-corrected chi connectivity index (χ0v) is 10.9. The van der Waals surface area contributed by atoms with Gasteiger partial charge in [0.05, 0.1) is 5.54 Å². The number of nitrogens with one attached hydrogen (secondary N) is 2. The van der Waals surface area contributed by atoms with Gasteiger partial charge in [0.2, 0.25) is 5.91 Å². The summed E-state index contributed by atoms with van der Waals surface area (Å²) in [4.78, 5) is 22.2. The molecule has 0 aromatic heterocycles. The largest absolute Gasteiger partial charge is 0.444 e. The average molecular weight is 230 g/mol. The highest BCUT2D eigenvalue weighted by molar-refractivity contribution is 5.74. The minimum Gasteiger partial charge on any atom is -0.444 e. The first-order valence-corrected chi connectivity index (χ1v) is 5.27. The second-order valence-electron chi connectivity index (χ2n) is 5.42. The molecule has 0 saturated carbocycles. The molecule has 0 bridgehead atoms. The zero-order chi connectivity index (χ0) is 13.0. The lowest BCUT2D eigenvalue weighted by Crippen LogP contribution is -2.51. The summed E-state index contributed by atoms with van der Waals surface area (Å²) in [5.41, 5.74) is -0.995. The quantitative estimate of drug-likeness (QED) is 0.770. The Bertz CT molecular complexity index is 267. The molecule has 2 amide bonds. The van der Waals surface area contributed by atoms with Gasteiger partial charge in [0.1, 0.15) is 5.60 Å². The number of hydrogen-bond acceptors (Lipinski definition) is 3. The van der Waals surface area contributed by atoms with Gasteiger partial charge in [0.25, 0.3) is 0 Å². The molecule has 5 heteroatoms. The van der Waals surface area contributed by atoms with Crippen LogP contribution in [0.1, 0.15) is 41.5 Å². The van der Waals surface area contributed by atoms with Crippen molar-refractivity contribution in [1.29, 1.82) is 0 Å². The third-order valence-electron chi connectivity index (χ3n) is 1.59. The van der Waals surface area contributed by atoms with Crippen LogP contribution in [0.25, 0.3) is 0 Å². The molecule has 0 aromatic carbocycles. The minimum atomic E-state index is -0.512. The van der Waals surface area contributed by atoms with Gasteiger partial charge in [0, 0.05) is 13.5 Å². The van der Waals surface area contributed by atoms with E-state index in [0.717, 1.165) is 0 Å². The van der Waals surface area contributed by atoms with Gasteiger partial charge in [-0.15, -0.1) is 0 Å². The fourth-order valence-electron chi connectivity index (χ4n) is 1.13. The maximum atomic E-state index is 11.3. The van der Waals surface area contributed by atoms with Crippen LogP contribution in [0.2, 0.25) is 0 Å². The number of hydrogen-bond donors (Lipinski definition) is 2. The lowest BCUT2D eigenvalue weighted by atomic mass is 10.1. The Morgan fingerprint density at radius 1 is 1.12 bits per heavy atom. The Balaban J connectivity index is 4.05. The van der Waals surface area contributed by atoms with Gasteiger partial charge in [0.15, 0.2) is 0 Å². The second-order valence-corrected chi connectivity index (χ2v) is 5.42. The summed E-state index contributed by atoms with van der Waals surface area (Å²) in [5, 5.41) is 5.34. The summed E-state index contributed by atoms with van der Waals surface area (Å²) in [6.45, 7) is 10.8. The summed E-state index contributed by atoms with van der Waals surface area (Å²) < 4.78 is 5.08. The van der Waals surface area contributed by atoms with Crippen LogP contribution in [0.5, 0.6) is 0 Å². The van der Waals surface area contributed by atoms with E-state index in [2.05, 4.69) is 10.6 Å². The van der Waals surface area contributed by atoms with Gasteiger partial charge in [-0.05, 0) is 34.6 Å². The predicted octanol–water partition coefficient (Wildman–Crippen LogP) is 1.43. The van der Waals surface area contributed by atoms with Gasteiger partial charge in [-0.25, -0.2) is 4.79 Å². The van der Waals surface area contributed by atoms with Gasteiger partial charge in [-0.2, -0.15) is 0 Å². The zero-order valence-electron chi connectivity index (χ0n) is 10.9. The molecule has 0 aliphatic rings. The van der Waals surface area contributed by atoms with Gasteiger partial charge < -0.3 is 15.4 Å². The second kappa shape index (κ2) is 5.18. The van der Waals surface area contributed by atoms with Crippen molar-refractivity contribution in [3.05, 3.63) is 0 Å². The fraction of sp³-hybridized carbons (Fsp3) is 0.818. The standard InChI is InChI=1S/C11H22N2O3/c1-8(14)13-11(5,6)7-12-9(15)16-10(2,3)4/h7H2,1-6H3,(H,12,15)(H,13,14). The smallest absolute Gasteiger partial charge is 0.407 e. The van der Waals surface area contributed by atoms with E-state index in [1.54, 1.807) is 20.8 Å². The fourth-order valence-corrected chi connectivity index (χ4v) is 1.13. The lowest BCUT2D eigenvalue weighted by Gasteiger charge is -2.27. The molecule has 0 fully saturated rings. The van der Waals surface area contributed by atoms with E-state index in [1.165, 1.54) is 6.92 Å². The minimum absolute atomic E-state index is 0.129. The number of carbonyl (C=O) groups is 2. The molecule has 16 heavy (non-hydrogen) atoms. The van der Waals surface area contributed by atoms with Crippen molar-refractivity contribution in [3.8, 4) is 0 Å². The van der Waals surface area contributed by atoms with E-state index in [9.17, 15) is 9.59 Å². The van der Waals surface area contributed by atoms with Crippen LogP contribution in [0.15, 0.2) is 0 Å². The van der Waals surface area contributed by atoms with E-state index in [4.69, 9.17) is 4.74 Å². The van der Waals surface area contributed by atoms with Crippen LogP contribution < -0.4 is 10.6 Å². The van der Waals surface area contributed by atoms with E-state index in [0.29, 0.717) is 6.54 Å². The normalized spacial score (nSPS) is 11.9. The third-order valence-corrected chi connectivity index (χ3v) is 1.59. The third kappa shape index (κ3) is 8.08. The van der Waals surface area contributed by atoms with Crippen molar-refractivity contribution in [3.63, 3.8) is 0 Å². The highest BCUT2D eigenvalue weighted by Gasteiger charge is 2.22. The molecule has 94 valence electrons. The molecular weight excluding hydrogens is 208 g/mol. The molecule has 0 atom stereocenters. The predicted molar refractivity (Wildman–Crippen MR) is 62.1 cm³/mol. The molecule has 0 spiro atoms. The van der Waals surface area contributed by atoms with Crippen molar-refractivity contribution < 1.29 is 14.3 Å². The first-order valence-electron chi connectivity index (χ1n) is 5.27. The maximum absolute atomic E-state index is 11.3. The van der Waals surface area contributed by atoms with Crippen LogP contribution in [0.3, 0.4) is 0 Å². The van der Waals surface area contributed by atoms with Gasteiger partial charge in [-0.1, -0.05) is 0 Å². The van der Waals surface area contributed by atoms with Crippen LogP contribution >= 0.6 is 0 Å². The monoisotopic (exact) mass is 230 g/mol. The molecule has 0 aliphatic heterocycles. The molecule has 0 aromatic rings. The number of rotatable bonds is 3. The van der Waals surface area contributed by atoms with E-state index < -0.39 is 17.2 Å². The van der Waals surface area contributed by atoms with Gasteiger partial charge >= 0.3 is 6.09 Å². The summed E-state index contributed by atoms with van der Waals surface area (Å²) >= 11 is 0. The van der Waals surface area contributed by atoms with Crippen LogP contribution in [0.4, 0.5) is 4.79 Å². The molecular formula is C11H22N2O3. The van der Waals surface area contributed by atoms with E-state index in [1.807, 2.05) is 13.8 Å². The van der Waals surface area contributed by atoms with Crippen molar-refractivity contribution in [2.75, 3.05) is 6.54 Å². The van der Waals surface area contributed by atoms with Crippen LogP contribution in [-0.4, -0.2) is 29.7 Å². The maximum Gasteiger partial charge on any atom is 0.407 e. The highest BCUT2D eigenvalue weighted by atomic mass is 16.6. The Morgan fingerprint density at radius 2 is 1.62 bits per heavy atom. The Morgan fingerprint density at radius 3 is 2.00 bits per heavy atom. The van der Waals surface area contributed by atoms with E-state index in [-0.39, 0.29) is 5.91 Å². The molecule has 0 radical (unpaired) electrons. The summed E-state index contributed by atoms with van der Waals surface area (Å²) in [7, 11) is 0. The molecule has 0 aliphatic carbocycles. The molecule has 0 rings (SSSR count). The SMILES string of the molecule is CC(=O)NC(C)(C)CNC(=O)OC(C)(C)C. The first kappa shape index (κ1) is 14.7. The van der Waals surface area contributed by atoms with Crippen molar-refractivity contribution in [2.24, 2.45) is 0 Å². The van der Waals surface area contributed by atoms with E-state index >= 15 is 0 Å². The topological polar surface area (TPSA) is 67.4 Å². The molecule has 0 heterocycles. The number of carbonyl (C=O) groups excluding carboxylic acids is 2. The summed E-state index contributed by atoms with van der Waals surface area (Å²) in [6.07, 6.45) is -0.481. The first-order chi connectivity index (χ1) is 7.02. The number of amides is 2. The molecule has 2 N–H and O–H groups in total. The van der Waals surface area contributed by atoms with Crippen LogP contribution in [-0.2, 0) is 9.53 Å². The van der Waals surface area contributed by atoms with Crippen molar-refractivity contribution in [2.45, 2.75) is 52.7 Å². The lowest BCUT2D eigenvalue weighted by molar-refractivity contribution is -0.120. The summed E-state index contributed by atoms with van der Waals surface area (Å²) in [6, 6.07) is 0. The molecule has 0 unspecified atom stereocenters. The Labute approximate surface area is 96.9 Å². The summed E-state index contributed by atoms with van der Waals surface area (Å²) in [5.74, 6) is -0.129. The van der Waals surface area contributed by atoms with Crippen molar-refractivity contribution >= 4 is 12.0 Å². The van der Waals surface area contributed by atoms with Crippen LogP contribution in [0, 0.1) is 0 Å². The van der Waals surface area contributed by atoms with Gasteiger partial charge in [-0.3, -0.25) is 4.79 Å². The average Bonchev–Trinajstić information content (AvgIpc) is 1.95. The Kier molecular flexibility index (Phi) is 4.78. The number of alkyl carbamates (subject to hydrolysis) is 1. The van der Waals surface area contributed by atoms with Crippen molar-refractivity contribution in [1.82, 2.24) is 10.6 Å². The highest BCUT2D eigenvalue weighted by Crippen LogP contribution is 2.07. The Hall–Kier alpha value is -1.26.